The molecule has 3 amide bonds. The van der Waals surface area contributed by atoms with E-state index in [1.54, 1.807) is 7.05 Å². The van der Waals surface area contributed by atoms with Crippen LogP contribution < -0.4 is 16.0 Å². The minimum atomic E-state index is -4.20. The van der Waals surface area contributed by atoms with E-state index in [2.05, 4.69) is 20.9 Å². The van der Waals surface area contributed by atoms with Crippen LogP contribution in [0.4, 0.5) is 18.0 Å². The fourth-order valence-corrected chi connectivity index (χ4v) is 2.70. The van der Waals surface area contributed by atoms with Crippen molar-refractivity contribution in [2.75, 3.05) is 46.3 Å². The van der Waals surface area contributed by atoms with Crippen molar-refractivity contribution < 1.29 is 22.8 Å². The van der Waals surface area contributed by atoms with Crippen molar-refractivity contribution in [3.05, 3.63) is 0 Å². The van der Waals surface area contributed by atoms with Crippen molar-refractivity contribution in [2.24, 2.45) is 4.99 Å². The number of carbonyl (C=O) groups excluding carboxylic acids is 2. The Morgan fingerprint density at radius 3 is 2.68 bits per heavy atom. The quantitative estimate of drug-likeness (QED) is 0.224. The third kappa shape index (κ3) is 6.84. The Balaban J connectivity index is 0.00000312. The first-order chi connectivity index (χ1) is 11.3. The summed E-state index contributed by atoms with van der Waals surface area (Å²) in [5, 5.41) is 8.43. The summed E-state index contributed by atoms with van der Waals surface area (Å²) in [5.41, 5.74) is 0. The maximum atomic E-state index is 12.4. The number of halogens is 4. The van der Waals surface area contributed by atoms with Gasteiger partial charge in [0.25, 0.3) is 0 Å². The molecule has 8 nitrogen and oxygen atoms in total. The Labute approximate surface area is 160 Å². The fraction of sp³-hybridized carbons (Fsp3) is 0.769. The highest BCUT2D eigenvalue weighted by Crippen LogP contribution is 2.19. The Hall–Kier alpha value is -1.31. The molecule has 0 radical (unpaired) electrons. The maximum Gasteiger partial charge on any atom is 0.401 e. The average molecular weight is 478 g/mol. The number of urea groups is 1. The minimum absolute atomic E-state index is 0. The second-order valence-corrected chi connectivity index (χ2v) is 5.68. The molecule has 2 saturated heterocycles. The normalized spacial score (nSPS) is 22.0. The van der Waals surface area contributed by atoms with Gasteiger partial charge in [0.1, 0.15) is 0 Å². The third-order valence-corrected chi connectivity index (χ3v) is 3.80. The summed E-state index contributed by atoms with van der Waals surface area (Å²) < 4.78 is 37.1. The van der Waals surface area contributed by atoms with Gasteiger partial charge in [-0.15, -0.1) is 24.0 Å². The van der Waals surface area contributed by atoms with Crippen molar-refractivity contribution in [1.29, 1.82) is 0 Å². The van der Waals surface area contributed by atoms with E-state index in [-0.39, 0.29) is 55.6 Å². The lowest BCUT2D eigenvalue weighted by Crippen LogP contribution is -2.47. The van der Waals surface area contributed by atoms with Gasteiger partial charge < -0.3 is 16.0 Å². The van der Waals surface area contributed by atoms with Crippen molar-refractivity contribution in [3.63, 3.8) is 0 Å². The molecule has 0 spiro atoms. The number of rotatable bonds is 5. The number of hydrogen-bond donors (Lipinski definition) is 3. The van der Waals surface area contributed by atoms with Gasteiger partial charge in [-0.3, -0.25) is 19.6 Å². The zero-order valence-corrected chi connectivity index (χ0v) is 16.1. The van der Waals surface area contributed by atoms with E-state index in [0.717, 1.165) is 4.90 Å². The summed E-state index contributed by atoms with van der Waals surface area (Å²) >= 11 is 0. The van der Waals surface area contributed by atoms with Crippen LogP contribution in [0.3, 0.4) is 0 Å². The molecule has 0 aliphatic carbocycles. The first-order valence-corrected chi connectivity index (χ1v) is 7.63. The number of hydrogen-bond acceptors (Lipinski definition) is 4. The van der Waals surface area contributed by atoms with Crippen molar-refractivity contribution in [2.45, 2.75) is 18.6 Å². The fourth-order valence-electron chi connectivity index (χ4n) is 2.70. The number of guanidine groups is 1. The number of imide groups is 1. The number of aliphatic imine (C=N–C) groups is 1. The van der Waals surface area contributed by atoms with Gasteiger partial charge in [-0.2, -0.15) is 13.2 Å². The van der Waals surface area contributed by atoms with E-state index in [1.807, 2.05) is 0 Å². The van der Waals surface area contributed by atoms with Crippen LogP contribution in [0.15, 0.2) is 4.99 Å². The summed E-state index contributed by atoms with van der Waals surface area (Å²) in [6, 6.07) is -0.557. The van der Waals surface area contributed by atoms with Gasteiger partial charge in [0, 0.05) is 39.3 Å². The highest BCUT2D eigenvalue weighted by molar-refractivity contribution is 14.0. The number of carbonyl (C=O) groups is 2. The number of nitrogens with zero attached hydrogens (tertiary/aromatic N) is 3. The van der Waals surface area contributed by atoms with Gasteiger partial charge in [-0.05, 0) is 6.42 Å². The second kappa shape index (κ2) is 9.40. The molecule has 0 aromatic heterocycles. The topological polar surface area (TPSA) is 89.1 Å². The van der Waals surface area contributed by atoms with Gasteiger partial charge in [0.15, 0.2) is 5.96 Å². The molecular formula is C13H22F3IN6O2. The Morgan fingerprint density at radius 2 is 2.12 bits per heavy atom. The summed E-state index contributed by atoms with van der Waals surface area (Å²) in [4.78, 5) is 29.3. The smallest absolute Gasteiger partial charge is 0.355 e. The zero-order valence-electron chi connectivity index (χ0n) is 13.7. The van der Waals surface area contributed by atoms with E-state index in [0.29, 0.717) is 25.5 Å². The monoisotopic (exact) mass is 478 g/mol. The molecule has 1 unspecified atom stereocenters. The predicted molar refractivity (Wildman–Crippen MR) is 95.9 cm³/mol. The van der Waals surface area contributed by atoms with Crippen molar-refractivity contribution in [3.8, 4) is 0 Å². The Morgan fingerprint density at radius 1 is 1.40 bits per heavy atom. The molecule has 0 aromatic carbocycles. The molecule has 2 fully saturated rings. The molecule has 2 aliphatic heterocycles. The number of nitrogens with one attached hydrogen (secondary N) is 3. The van der Waals surface area contributed by atoms with Crippen LogP contribution in [0.5, 0.6) is 0 Å². The molecule has 12 heteroatoms. The van der Waals surface area contributed by atoms with E-state index in [9.17, 15) is 22.8 Å². The third-order valence-electron chi connectivity index (χ3n) is 3.80. The van der Waals surface area contributed by atoms with Crippen molar-refractivity contribution >= 4 is 41.9 Å². The molecule has 144 valence electrons. The maximum absolute atomic E-state index is 12.4. The Kier molecular flexibility index (Phi) is 8.18. The van der Waals surface area contributed by atoms with Gasteiger partial charge >= 0.3 is 12.2 Å². The summed E-state index contributed by atoms with van der Waals surface area (Å²) in [7, 11) is 1.55. The van der Waals surface area contributed by atoms with E-state index < -0.39 is 18.8 Å². The van der Waals surface area contributed by atoms with Crippen LogP contribution in [-0.4, -0.2) is 86.2 Å². The molecule has 3 N–H and O–H groups in total. The van der Waals surface area contributed by atoms with Gasteiger partial charge in [-0.25, -0.2) is 4.79 Å². The van der Waals surface area contributed by atoms with Crippen LogP contribution in [0, 0.1) is 0 Å². The standard InChI is InChI=1S/C13H21F3N6O2.HI/c1-17-11(18-3-5-22-10(23)6-19-12(22)24)20-9-2-4-21(7-9)8-13(14,15)16;/h9H,2-8H2,1H3,(H,19,24)(H2,17,18,20);1H. The van der Waals surface area contributed by atoms with Crippen LogP contribution in [0.25, 0.3) is 0 Å². The first kappa shape index (κ1) is 21.7. The summed E-state index contributed by atoms with van der Waals surface area (Å²) in [5.74, 6) is 0.143. The SMILES string of the molecule is CN=C(NCCN1C(=O)CNC1=O)NC1CCN(CC(F)(F)F)C1.I. The highest BCUT2D eigenvalue weighted by atomic mass is 127. The second-order valence-electron chi connectivity index (χ2n) is 5.68. The molecular weight excluding hydrogens is 456 g/mol. The highest BCUT2D eigenvalue weighted by Gasteiger charge is 2.34. The number of alkyl halides is 3. The lowest BCUT2D eigenvalue weighted by molar-refractivity contribution is -0.143. The molecule has 0 bridgehead atoms. The van der Waals surface area contributed by atoms with Gasteiger partial charge in [-0.1, -0.05) is 0 Å². The molecule has 0 aromatic rings. The van der Waals surface area contributed by atoms with E-state index in [4.69, 9.17) is 0 Å². The first-order valence-electron chi connectivity index (χ1n) is 7.63. The van der Waals surface area contributed by atoms with E-state index >= 15 is 0 Å². The van der Waals surface area contributed by atoms with Crippen LogP contribution in [-0.2, 0) is 4.79 Å². The Bertz CT molecular complexity index is 500. The predicted octanol–water partition coefficient (Wildman–Crippen LogP) is -0.0422. The van der Waals surface area contributed by atoms with Gasteiger partial charge in [0.05, 0.1) is 13.1 Å². The lowest BCUT2D eigenvalue weighted by atomic mass is 10.3. The van der Waals surface area contributed by atoms with Crippen LogP contribution in [0.1, 0.15) is 6.42 Å². The van der Waals surface area contributed by atoms with Gasteiger partial charge in [0.2, 0.25) is 5.91 Å². The molecule has 0 saturated carbocycles. The van der Waals surface area contributed by atoms with Crippen molar-refractivity contribution in [1.82, 2.24) is 25.8 Å². The van der Waals surface area contributed by atoms with Crippen LogP contribution >= 0.6 is 24.0 Å². The summed E-state index contributed by atoms with van der Waals surface area (Å²) in [6.07, 6.45) is -3.61. The molecule has 2 heterocycles. The summed E-state index contributed by atoms with van der Waals surface area (Å²) in [6.45, 7) is 0.240. The minimum Gasteiger partial charge on any atom is -0.355 e. The average Bonchev–Trinajstić information content (AvgIpc) is 3.04. The molecule has 25 heavy (non-hydrogen) atoms. The zero-order chi connectivity index (χ0) is 17.7. The number of amides is 3. The lowest BCUT2D eigenvalue weighted by Gasteiger charge is -2.20. The molecule has 2 aliphatic rings. The molecule has 1 atom stereocenters. The number of likely N-dealkylation sites (tertiary alicyclic amines) is 1. The van der Waals surface area contributed by atoms with E-state index in [1.165, 1.54) is 4.90 Å². The largest absolute Gasteiger partial charge is 0.401 e. The van der Waals surface area contributed by atoms with Crippen LogP contribution in [0.2, 0.25) is 0 Å². The molecule has 2 rings (SSSR count).